The first-order valence-electron chi connectivity index (χ1n) is 6.90. The van der Waals surface area contributed by atoms with E-state index in [2.05, 4.69) is 36.4 Å². The second kappa shape index (κ2) is 5.93. The molecule has 114 valence electrons. The zero-order chi connectivity index (χ0) is 15.6. The van der Waals surface area contributed by atoms with Gasteiger partial charge >= 0.3 is 0 Å². The molecule has 1 heterocycles. The average Bonchev–Trinajstić information content (AvgIpc) is 2.84. The number of anilines is 2. The van der Waals surface area contributed by atoms with E-state index in [0.29, 0.717) is 6.54 Å². The Hall–Kier alpha value is -1.75. The normalized spacial score (nSPS) is 11.5. The van der Waals surface area contributed by atoms with Crippen molar-refractivity contribution in [3.05, 3.63) is 35.1 Å². The van der Waals surface area contributed by atoms with Gasteiger partial charge in [-0.05, 0) is 32.9 Å². The topological polar surface area (TPSA) is 46.0 Å². The van der Waals surface area contributed by atoms with Crippen molar-refractivity contribution in [3.8, 4) is 0 Å². The van der Waals surface area contributed by atoms with Gasteiger partial charge in [-0.25, -0.2) is 4.68 Å². The van der Waals surface area contributed by atoms with Crippen molar-refractivity contribution in [2.24, 2.45) is 0 Å². The third-order valence-electron chi connectivity index (χ3n) is 3.12. The molecule has 1 aromatic heterocycles. The van der Waals surface area contributed by atoms with E-state index >= 15 is 0 Å². The maximum absolute atomic E-state index is 6.26. The summed E-state index contributed by atoms with van der Waals surface area (Å²) in [5.74, 6) is 0. The minimum absolute atomic E-state index is 0.0594. The van der Waals surface area contributed by atoms with Crippen LogP contribution in [0.3, 0.4) is 0 Å². The number of nitrogens with zero attached hydrogens (tertiary/aromatic N) is 4. The van der Waals surface area contributed by atoms with Gasteiger partial charge in [-0.1, -0.05) is 22.9 Å². The predicted octanol–water partition coefficient (Wildman–Crippen LogP) is 3.36. The second-order valence-corrected chi connectivity index (χ2v) is 6.62. The molecule has 5 nitrogen and oxygen atoms in total. The van der Waals surface area contributed by atoms with Crippen LogP contribution in [0, 0.1) is 0 Å². The summed E-state index contributed by atoms with van der Waals surface area (Å²) in [4.78, 5) is 2.00. The Morgan fingerprint density at radius 2 is 2.00 bits per heavy atom. The average molecular weight is 308 g/mol. The highest BCUT2D eigenvalue weighted by Crippen LogP contribution is 2.32. The Bertz CT molecular complexity index is 613. The molecule has 0 saturated carbocycles. The predicted molar refractivity (Wildman–Crippen MR) is 88.1 cm³/mol. The van der Waals surface area contributed by atoms with Crippen LogP contribution in [-0.4, -0.2) is 29.1 Å². The fourth-order valence-corrected chi connectivity index (χ4v) is 2.35. The standard InChI is InChI=1S/C15H22ClN5/c1-15(2,3)21-10-11(18-19-21)9-17-13-8-6-7-12(16)14(13)20(4)5/h6-8,10,17H,9H2,1-5H3. The summed E-state index contributed by atoms with van der Waals surface area (Å²) in [6.07, 6.45) is 1.97. The second-order valence-electron chi connectivity index (χ2n) is 6.21. The maximum Gasteiger partial charge on any atom is 0.102 e. The Kier molecular flexibility index (Phi) is 4.42. The first-order chi connectivity index (χ1) is 9.79. The molecular weight excluding hydrogens is 286 g/mol. The molecule has 0 aliphatic carbocycles. The summed E-state index contributed by atoms with van der Waals surface area (Å²) in [5, 5.41) is 12.5. The smallest absolute Gasteiger partial charge is 0.102 e. The van der Waals surface area contributed by atoms with Gasteiger partial charge in [-0.15, -0.1) is 5.10 Å². The molecule has 0 fully saturated rings. The maximum atomic E-state index is 6.26. The van der Waals surface area contributed by atoms with Crippen molar-refractivity contribution in [2.75, 3.05) is 24.3 Å². The molecule has 0 unspecified atom stereocenters. The molecular formula is C15H22ClN5. The molecule has 1 aromatic carbocycles. The van der Waals surface area contributed by atoms with E-state index in [9.17, 15) is 0 Å². The first kappa shape index (κ1) is 15.6. The van der Waals surface area contributed by atoms with Gasteiger partial charge < -0.3 is 10.2 Å². The van der Waals surface area contributed by atoms with Crippen LogP contribution in [-0.2, 0) is 12.1 Å². The Morgan fingerprint density at radius 3 is 2.57 bits per heavy atom. The van der Waals surface area contributed by atoms with Gasteiger partial charge in [0, 0.05) is 14.1 Å². The van der Waals surface area contributed by atoms with Crippen LogP contribution in [0.2, 0.25) is 5.02 Å². The first-order valence-corrected chi connectivity index (χ1v) is 7.28. The van der Waals surface area contributed by atoms with Crippen molar-refractivity contribution >= 4 is 23.0 Å². The molecule has 0 bridgehead atoms. The lowest BCUT2D eigenvalue weighted by molar-refractivity contribution is 0.347. The molecule has 0 aliphatic heterocycles. The van der Waals surface area contributed by atoms with Gasteiger partial charge in [-0.3, -0.25) is 0 Å². The Morgan fingerprint density at radius 1 is 1.29 bits per heavy atom. The number of nitrogens with one attached hydrogen (secondary N) is 1. The molecule has 0 atom stereocenters. The third-order valence-corrected chi connectivity index (χ3v) is 3.43. The van der Waals surface area contributed by atoms with E-state index in [1.807, 2.05) is 48.1 Å². The number of halogens is 1. The van der Waals surface area contributed by atoms with Crippen LogP contribution in [0.25, 0.3) is 0 Å². The van der Waals surface area contributed by atoms with Gasteiger partial charge in [0.1, 0.15) is 5.69 Å². The van der Waals surface area contributed by atoms with Gasteiger partial charge in [0.2, 0.25) is 0 Å². The van der Waals surface area contributed by atoms with E-state index in [4.69, 9.17) is 11.6 Å². The van der Waals surface area contributed by atoms with Crippen LogP contribution < -0.4 is 10.2 Å². The molecule has 0 amide bonds. The molecule has 21 heavy (non-hydrogen) atoms. The van der Waals surface area contributed by atoms with Gasteiger partial charge in [0.05, 0.1) is 34.7 Å². The number of hydrogen-bond acceptors (Lipinski definition) is 4. The van der Waals surface area contributed by atoms with Crippen LogP contribution in [0.15, 0.2) is 24.4 Å². The SMILES string of the molecule is CN(C)c1c(Cl)cccc1NCc1cn(C(C)(C)C)nn1. The van der Waals surface area contributed by atoms with Gasteiger partial charge in [0.25, 0.3) is 0 Å². The van der Waals surface area contributed by atoms with Crippen molar-refractivity contribution in [1.29, 1.82) is 0 Å². The molecule has 2 rings (SSSR count). The monoisotopic (exact) mass is 307 g/mol. The number of rotatable bonds is 4. The van der Waals surface area contributed by atoms with E-state index in [-0.39, 0.29) is 5.54 Å². The largest absolute Gasteiger partial charge is 0.378 e. The highest BCUT2D eigenvalue weighted by atomic mass is 35.5. The van der Waals surface area contributed by atoms with E-state index < -0.39 is 0 Å². The minimum atomic E-state index is -0.0594. The summed E-state index contributed by atoms with van der Waals surface area (Å²) >= 11 is 6.26. The molecule has 1 N–H and O–H groups in total. The van der Waals surface area contributed by atoms with Crippen molar-refractivity contribution in [3.63, 3.8) is 0 Å². The minimum Gasteiger partial charge on any atom is -0.378 e. The molecule has 2 aromatic rings. The highest BCUT2D eigenvalue weighted by Gasteiger charge is 2.15. The number of benzene rings is 1. The van der Waals surface area contributed by atoms with Gasteiger partial charge in [0.15, 0.2) is 0 Å². The van der Waals surface area contributed by atoms with E-state index in [0.717, 1.165) is 22.1 Å². The zero-order valence-corrected chi connectivity index (χ0v) is 13.9. The zero-order valence-electron chi connectivity index (χ0n) is 13.2. The Balaban J connectivity index is 2.14. The summed E-state index contributed by atoms with van der Waals surface area (Å²) in [5.41, 5.74) is 2.80. The summed E-state index contributed by atoms with van der Waals surface area (Å²) < 4.78 is 1.87. The van der Waals surface area contributed by atoms with Crippen LogP contribution in [0.4, 0.5) is 11.4 Å². The van der Waals surface area contributed by atoms with Crippen molar-refractivity contribution < 1.29 is 0 Å². The summed E-state index contributed by atoms with van der Waals surface area (Å²) in [7, 11) is 3.95. The van der Waals surface area contributed by atoms with Crippen LogP contribution in [0.5, 0.6) is 0 Å². The fourth-order valence-electron chi connectivity index (χ4n) is 2.01. The van der Waals surface area contributed by atoms with E-state index in [1.54, 1.807) is 0 Å². The van der Waals surface area contributed by atoms with E-state index in [1.165, 1.54) is 0 Å². The molecule has 0 saturated heterocycles. The molecule has 0 radical (unpaired) electrons. The van der Waals surface area contributed by atoms with Crippen LogP contribution >= 0.6 is 11.6 Å². The quantitative estimate of drug-likeness (QED) is 0.941. The molecule has 0 spiro atoms. The lowest BCUT2D eigenvalue weighted by atomic mass is 10.1. The lowest BCUT2D eigenvalue weighted by Crippen LogP contribution is -2.22. The van der Waals surface area contributed by atoms with Gasteiger partial charge in [-0.2, -0.15) is 0 Å². The summed E-state index contributed by atoms with van der Waals surface area (Å²) in [6.45, 7) is 6.90. The fraction of sp³-hybridized carbons (Fsp3) is 0.467. The summed E-state index contributed by atoms with van der Waals surface area (Å²) in [6, 6.07) is 5.83. The van der Waals surface area contributed by atoms with Crippen LogP contribution in [0.1, 0.15) is 26.5 Å². The highest BCUT2D eigenvalue weighted by molar-refractivity contribution is 6.34. The number of aromatic nitrogens is 3. The van der Waals surface area contributed by atoms with Crippen molar-refractivity contribution in [2.45, 2.75) is 32.9 Å². The van der Waals surface area contributed by atoms with Crippen molar-refractivity contribution in [1.82, 2.24) is 15.0 Å². The third kappa shape index (κ3) is 3.67. The number of hydrogen-bond donors (Lipinski definition) is 1. The Labute approximate surface area is 130 Å². The molecule has 0 aliphatic rings. The lowest BCUT2D eigenvalue weighted by Gasteiger charge is -2.19. The molecule has 6 heteroatoms. The number of para-hydroxylation sites is 1.